The normalized spacial score (nSPS) is 9.71. The lowest BCUT2D eigenvalue weighted by Crippen LogP contribution is -2.10. The lowest BCUT2D eigenvalue weighted by atomic mass is 10.2. The minimum atomic E-state index is -0.418. The van der Waals surface area contributed by atoms with E-state index in [4.69, 9.17) is 11.6 Å². The van der Waals surface area contributed by atoms with E-state index in [1.54, 1.807) is 12.1 Å². The standard InChI is InChI=1S/C10H12ClNO2/c1-12(2)7-4-5-9(11)8(6-7)10(13)14-3/h4-6H,1-3H3. The van der Waals surface area contributed by atoms with Gasteiger partial charge < -0.3 is 9.64 Å². The summed E-state index contributed by atoms with van der Waals surface area (Å²) in [6.07, 6.45) is 0. The third-order valence-corrected chi connectivity index (χ3v) is 2.20. The summed E-state index contributed by atoms with van der Waals surface area (Å²) < 4.78 is 4.61. The minimum absolute atomic E-state index is 0.389. The molecule has 0 saturated heterocycles. The summed E-state index contributed by atoms with van der Waals surface area (Å²) in [6, 6.07) is 5.23. The molecule has 0 aliphatic heterocycles. The number of esters is 1. The summed E-state index contributed by atoms with van der Waals surface area (Å²) in [6.45, 7) is 0. The van der Waals surface area contributed by atoms with Crippen LogP contribution in [0.5, 0.6) is 0 Å². The first-order valence-electron chi connectivity index (χ1n) is 4.11. The van der Waals surface area contributed by atoms with Gasteiger partial charge in [0.15, 0.2) is 0 Å². The van der Waals surface area contributed by atoms with Crippen molar-refractivity contribution in [3.05, 3.63) is 28.8 Å². The van der Waals surface area contributed by atoms with E-state index in [0.717, 1.165) is 5.69 Å². The monoisotopic (exact) mass is 213 g/mol. The van der Waals surface area contributed by atoms with Crippen LogP contribution in [0.15, 0.2) is 18.2 Å². The maximum atomic E-state index is 11.3. The van der Waals surface area contributed by atoms with E-state index in [1.165, 1.54) is 7.11 Å². The zero-order chi connectivity index (χ0) is 10.7. The third-order valence-electron chi connectivity index (χ3n) is 1.87. The van der Waals surface area contributed by atoms with Crippen molar-refractivity contribution >= 4 is 23.3 Å². The molecule has 76 valence electrons. The minimum Gasteiger partial charge on any atom is -0.465 e. The molecule has 0 unspecified atom stereocenters. The van der Waals surface area contributed by atoms with E-state index >= 15 is 0 Å². The number of halogens is 1. The molecule has 0 atom stereocenters. The summed E-state index contributed by atoms with van der Waals surface area (Å²) >= 11 is 5.86. The zero-order valence-electron chi connectivity index (χ0n) is 8.37. The molecule has 0 spiro atoms. The summed E-state index contributed by atoms with van der Waals surface area (Å²) in [7, 11) is 5.12. The van der Waals surface area contributed by atoms with Crippen LogP contribution < -0.4 is 4.90 Å². The molecular formula is C10H12ClNO2. The zero-order valence-corrected chi connectivity index (χ0v) is 9.13. The van der Waals surface area contributed by atoms with Crippen LogP contribution >= 0.6 is 11.6 Å². The van der Waals surface area contributed by atoms with E-state index in [1.807, 2.05) is 25.1 Å². The molecular weight excluding hydrogens is 202 g/mol. The molecule has 0 amide bonds. The molecule has 0 aromatic heterocycles. The van der Waals surface area contributed by atoms with Crippen molar-refractivity contribution in [2.24, 2.45) is 0 Å². The Morgan fingerprint density at radius 2 is 2.07 bits per heavy atom. The molecule has 3 nitrogen and oxygen atoms in total. The van der Waals surface area contributed by atoms with Crippen LogP contribution in [-0.4, -0.2) is 27.2 Å². The van der Waals surface area contributed by atoms with Crippen molar-refractivity contribution in [3.8, 4) is 0 Å². The summed E-state index contributed by atoms with van der Waals surface area (Å²) in [5.41, 5.74) is 1.30. The largest absolute Gasteiger partial charge is 0.465 e. The van der Waals surface area contributed by atoms with Crippen molar-refractivity contribution < 1.29 is 9.53 Å². The van der Waals surface area contributed by atoms with Gasteiger partial charge in [-0.25, -0.2) is 4.79 Å². The molecule has 1 rings (SSSR count). The van der Waals surface area contributed by atoms with Gasteiger partial charge in [0.05, 0.1) is 17.7 Å². The average molecular weight is 214 g/mol. The highest BCUT2D eigenvalue weighted by atomic mass is 35.5. The number of benzene rings is 1. The van der Waals surface area contributed by atoms with Gasteiger partial charge in [-0.05, 0) is 18.2 Å². The van der Waals surface area contributed by atoms with E-state index in [2.05, 4.69) is 4.74 Å². The molecule has 0 bridgehead atoms. The van der Waals surface area contributed by atoms with E-state index in [9.17, 15) is 4.79 Å². The smallest absolute Gasteiger partial charge is 0.339 e. The van der Waals surface area contributed by atoms with Crippen molar-refractivity contribution in [2.75, 3.05) is 26.1 Å². The van der Waals surface area contributed by atoms with Gasteiger partial charge in [-0.15, -0.1) is 0 Å². The van der Waals surface area contributed by atoms with Crippen molar-refractivity contribution in [1.82, 2.24) is 0 Å². The third kappa shape index (κ3) is 2.17. The molecule has 0 saturated carbocycles. The van der Waals surface area contributed by atoms with E-state index < -0.39 is 5.97 Å². The Labute approximate surface area is 88.2 Å². The fraction of sp³-hybridized carbons (Fsp3) is 0.300. The average Bonchev–Trinajstić information content (AvgIpc) is 2.17. The van der Waals surface area contributed by atoms with Crippen LogP contribution in [-0.2, 0) is 4.74 Å². The second-order valence-electron chi connectivity index (χ2n) is 3.05. The van der Waals surface area contributed by atoms with Gasteiger partial charge in [0.25, 0.3) is 0 Å². The van der Waals surface area contributed by atoms with Gasteiger partial charge in [-0.1, -0.05) is 11.6 Å². The number of ether oxygens (including phenoxy) is 1. The topological polar surface area (TPSA) is 29.5 Å². The second-order valence-corrected chi connectivity index (χ2v) is 3.46. The molecule has 0 aliphatic rings. The number of rotatable bonds is 2. The molecule has 0 fully saturated rings. The predicted molar refractivity (Wildman–Crippen MR) is 57.1 cm³/mol. The maximum absolute atomic E-state index is 11.3. The van der Waals surface area contributed by atoms with Crippen molar-refractivity contribution in [1.29, 1.82) is 0 Å². The summed E-state index contributed by atoms with van der Waals surface area (Å²) in [5, 5.41) is 0.405. The highest BCUT2D eigenvalue weighted by Gasteiger charge is 2.11. The number of hydrogen-bond acceptors (Lipinski definition) is 3. The van der Waals surface area contributed by atoms with Crippen LogP contribution in [0.3, 0.4) is 0 Å². The predicted octanol–water partition coefficient (Wildman–Crippen LogP) is 2.19. The van der Waals surface area contributed by atoms with Crippen LogP contribution in [0.4, 0.5) is 5.69 Å². The highest BCUT2D eigenvalue weighted by molar-refractivity contribution is 6.33. The molecule has 14 heavy (non-hydrogen) atoms. The van der Waals surface area contributed by atoms with E-state index in [0.29, 0.717) is 10.6 Å². The lowest BCUT2D eigenvalue weighted by Gasteiger charge is -2.13. The van der Waals surface area contributed by atoms with E-state index in [-0.39, 0.29) is 0 Å². The first kappa shape index (κ1) is 10.9. The number of methoxy groups -OCH3 is 1. The molecule has 1 aromatic rings. The quantitative estimate of drug-likeness (QED) is 0.706. The van der Waals surface area contributed by atoms with Crippen LogP contribution in [0.1, 0.15) is 10.4 Å². The molecule has 4 heteroatoms. The SMILES string of the molecule is COC(=O)c1cc(N(C)C)ccc1Cl. The maximum Gasteiger partial charge on any atom is 0.339 e. The number of nitrogens with zero attached hydrogens (tertiary/aromatic N) is 1. The number of anilines is 1. The molecule has 0 heterocycles. The number of carbonyl (C=O) groups is 1. The van der Waals surface area contributed by atoms with Gasteiger partial charge in [-0.2, -0.15) is 0 Å². The summed E-state index contributed by atoms with van der Waals surface area (Å²) in [5.74, 6) is -0.418. The fourth-order valence-electron chi connectivity index (χ4n) is 1.06. The Morgan fingerprint density at radius 3 is 2.57 bits per heavy atom. The first-order valence-corrected chi connectivity index (χ1v) is 4.49. The fourth-order valence-corrected chi connectivity index (χ4v) is 1.25. The van der Waals surface area contributed by atoms with Gasteiger partial charge in [0, 0.05) is 19.8 Å². The van der Waals surface area contributed by atoms with Gasteiger partial charge >= 0.3 is 5.97 Å². The summed E-state index contributed by atoms with van der Waals surface area (Å²) in [4.78, 5) is 13.2. The second kappa shape index (κ2) is 4.33. The Morgan fingerprint density at radius 1 is 1.43 bits per heavy atom. The Bertz CT molecular complexity index is 350. The van der Waals surface area contributed by atoms with Crippen LogP contribution in [0.25, 0.3) is 0 Å². The van der Waals surface area contributed by atoms with Gasteiger partial charge in [-0.3, -0.25) is 0 Å². The van der Waals surface area contributed by atoms with Crippen LogP contribution in [0, 0.1) is 0 Å². The highest BCUT2D eigenvalue weighted by Crippen LogP contribution is 2.22. The molecule has 1 aromatic carbocycles. The molecule has 0 radical (unpaired) electrons. The molecule has 0 aliphatic carbocycles. The Balaban J connectivity index is 3.15. The Hall–Kier alpha value is -1.22. The van der Waals surface area contributed by atoms with Gasteiger partial charge in [0.1, 0.15) is 0 Å². The number of carbonyl (C=O) groups excluding carboxylic acids is 1. The van der Waals surface area contributed by atoms with Crippen molar-refractivity contribution in [2.45, 2.75) is 0 Å². The molecule has 0 N–H and O–H groups in total. The van der Waals surface area contributed by atoms with Gasteiger partial charge in [0.2, 0.25) is 0 Å². The number of hydrogen-bond donors (Lipinski definition) is 0. The van der Waals surface area contributed by atoms with Crippen LogP contribution in [0.2, 0.25) is 5.02 Å². The lowest BCUT2D eigenvalue weighted by molar-refractivity contribution is 0.0601. The Kier molecular flexibility index (Phi) is 3.36. The first-order chi connectivity index (χ1) is 6.56. The van der Waals surface area contributed by atoms with Crippen molar-refractivity contribution in [3.63, 3.8) is 0 Å².